The second-order valence-corrected chi connectivity index (χ2v) is 9.45. The summed E-state index contributed by atoms with van der Waals surface area (Å²) in [6, 6.07) is 11.1. The minimum atomic E-state index is -1.94. The summed E-state index contributed by atoms with van der Waals surface area (Å²) in [4.78, 5) is 18.4. The average Bonchev–Trinajstić information content (AvgIpc) is 3.43. The summed E-state index contributed by atoms with van der Waals surface area (Å²) in [6.45, 7) is 3.16. The monoisotopic (exact) mass is 502 g/mol. The van der Waals surface area contributed by atoms with Crippen molar-refractivity contribution < 1.29 is 18.7 Å². The first kappa shape index (κ1) is 24.0. The summed E-state index contributed by atoms with van der Waals surface area (Å²) in [5.41, 5.74) is -0.430. The zero-order valence-corrected chi connectivity index (χ0v) is 19.9. The lowest BCUT2D eigenvalue weighted by molar-refractivity contribution is -0.0185. The quantitative estimate of drug-likeness (QED) is 0.374. The van der Waals surface area contributed by atoms with Gasteiger partial charge < -0.3 is 10.4 Å². The van der Waals surface area contributed by atoms with Gasteiger partial charge in [-0.15, -0.1) is 11.3 Å². The smallest absolute Gasteiger partial charge is 0.261 e. The largest absolute Gasteiger partial charge is 0.381 e. The number of aromatic nitrogens is 3. The Bertz CT molecular complexity index is 1310. The number of nitrogens with zero attached hydrogens (tertiary/aromatic N) is 3. The number of benzene rings is 2. The Morgan fingerprint density at radius 1 is 1.24 bits per heavy atom. The van der Waals surface area contributed by atoms with E-state index in [9.17, 15) is 18.7 Å². The molecule has 4 aromatic rings. The van der Waals surface area contributed by atoms with Gasteiger partial charge in [0, 0.05) is 21.5 Å². The summed E-state index contributed by atoms with van der Waals surface area (Å²) in [5, 5.41) is 19.0. The maximum atomic E-state index is 14.7. The van der Waals surface area contributed by atoms with Crippen LogP contribution in [0.2, 0.25) is 5.02 Å². The molecule has 2 aromatic carbocycles. The highest BCUT2D eigenvalue weighted by molar-refractivity contribution is 7.17. The molecular formula is C24H21ClF2N4O2S. The molecule has 2 heterocycles. The molecule has 0 radical (unpaired) electrons. The molecule has 0 aliphatic heterocycles. The molecule has 34 heavy (non-hydrogen) atoms. The van der Waals surface area contributed by atoms with Crippen LogP contribution >= 0.6 is 22.9 Å². The Kier molecular flexibility index (Phi) is 6.79. The van der Waals surface area contributed by atoms with E-state index in [1.165, 1.54) is 34.7 Å². The molecule has 0 spiro atoms. The molecule has 176 valence electrons. The van der Waals surface area contributed by atoms with Crippen molar-refractivity contribution in [2.45, 2.75) is 32.0 Å². The molecular weight excluding hydrogens is 482 g/mol. The third-order valence-electron chi connectivity index (χ3n) is 5.58. The van der Waals surface area contributed by atoms with Gasteiger partial charge in [0.1, 0.15) is 29.9 Å². The van der Waals surface area contributed by atoms with Gasteiger partial charge in [-0.1, -0.05) is 29.8 Å². The SMILES string of the molecule is Cc1cc(-c2ccc(Cl)cc2)sc1C(=O)N[C@H](C)[C@](O)(Cn1cncn1)c1ccc(F)cc1F. The third kappa shape index (κ3) is 4.86. The molecule has 2 aromatic heterocycles. The molecule has 2 N–H and O–H groups in total. The van der Waals surface area contributed by atoms with Gasteiger partial charge in [0.25, 0.3) is 5.91 Å². The van der Waals surface area contributed by atoms with Gasteiger partial charge in [0.2, 0.25) is 0 Å². The number of aliphatic hydroxyl groups is 1. The van der Waals surface area contributed by atoms with Gasteiger partial charge in [-0.05, 0) is 49.2 Å². The number of carbonyl (C=O) groups excluding carboxylic acids is 1. The Balaban J connectivity index is 1.63. The lowest BCUT2D eigenvalue weighted by atomic mass is 9.86. The topological polar surface area (TPSA) is 80.0 Å². The predicted octanol–water partition coefficient (Wildman–Crippen LogP) is 4.95. The maximum Gasteiger partial charge on any atom is 0.261 e. The Hall–Kier alpha value is -3.14. The molecule has 10 heteroatoms. The van der Waals surface area contributed by atoms with E-state index < -0.39 is 29.2 Å². The first-order chi connectivity index (χ1) is 16.2. The molecule has 0 fully saturated rings. The van der Waals surface area contributed by atoms with Crippen LogP contribution in [0.1, 0.15) is 27.7 Å². The standard InChI is InChI=1S/C24H21ClF2N4O2S/c1-14-9-21(16-3-5-17(25)6-4-16)34-22(14)23(32)30-15(2)24(33,11-31-13-28-12-29-31)19-8-7-18(26)10-20(19)27/h3-10,12-13,15,33H,11H2,1-2H3,(H,30,32)/t15-,24-/m1/s1. The van der Waals surface area contributed by atoms with Gasteiger partial charge in [-0.2, -0.15) is 5.10 Å². The number of thiophene rings is 1. The zero-order valence-electron chi connectivity index (χ0n) is 18.3. The van der Waals surface area contributed by atoms with E-state index in [0.29, 0.717) is 16.0 Å². The van der Waals surface area contributed by atoms with Crippen molar-refractivity contribution in [2.75, 3.05) is 0 Å². The minimum absolute atomic E-state index is 0.165. The fraction of sp³-hybridized carbons (Fsp3) is 0.208. The van der Waals surface area contributed by atoms with E-state index in [1.54, 1.807) is 19.1 Å². The van der Waals surface area contributed by atoms with Gasteiger partial charge in [-0.3, -0.25) is 4.79 Å². The number of hydrogen-bond donors (Lipinski definition) is 2. The lowest BCUT2D eigenvalue weighted by Gasteiger charge is -2.35. The highest BCUT2D eigenvalue weighted by atomic mass is 35.5. The molecule has 0 aliphatic carbocycles. The van der Waals surface area contributed by atoms with Crippen LogP contribution in [0.25, 0.3) is 10.4 Å². The normalized spacial score (nSPS) is 13.9. The van der Waals surface area contributed by atoms with E-state index in [1.807, 2.05) is 25.1 Å². The van der Waals surface area contributed by atoms with Gasteiger partial charge in [0.15, 0.2) is 0 Å². The van der Waals surface area contributed by atoms with E-state index in [2.05, 4.69) is 15.4 Å². The molecule has 4 rings (SSSR count). The molecule has 2 atom stereocenters. The number of rotatable bonds is 7. The van der Waals surface area contributed by atoms with Crippen LogP contribution in [0, 0.1) is 18.6 Å². The van der Waals surface area contributed by atoms with Crippen LogP contribution in [0.3, 0.4) is 0 Å². The second kappa shape index (κ2) is 9.61. The zero-order chi connectivity index (χ0) is 24.5. The Labute approximate surface area is 203 Å². The predicted molar refractivity (Wildman–Crippen MR) is 127 cm³/mol. The van der Waals surface area contributed by atoms with E-state index in [-0.39, 0.29) is 12.1 Å². The van der Waals surface area contributed by atoms with Crippen LogP contribution in [0.15, 0.2) is 61.2 Å². The summed E-state index contributed by atoms with van der Waals surface area (Å²) < 4.78 is 29.6. The van der Waals surface area contributed by atoms with E-state index in [4.69, 9.17) is 11.6 Å². The van der Waals surface area contributed by atoms with Gasteiger partial charge >= 0.3 is 0 Å². The molecule has 0 saturated heterocycles. The van der Waals surface area contributed by atoms with E-state index in [0.717, 1.165) is 22.1 Å². The number of amides is 1. The second-order valence-electron chi connectivity index (χ2n) is 7.97. The van der Waals surface area contributed by atoms with Crippen molar-refractivity contribution in [3.63, 3.8) is 0 Å². The summed E-state index contributed by atoms with van der Waals surface area (Å²) >= 11 is 7.26. The molecule has 6 nitrogen and oxygen atoms in total. The van der Waals surface area contributed by atoms with E-state index >= 15 is 0 Å². The molecule has 1 amide bonds. The lowest BCUT2D eigenvalue weighted by Crippen LogP contribution is -2.51. The maximum absolute atomic E-state index is 14.7. The first-order valence-corrected chi connectivity index (χ1v) is 11.5. The number of halogens is 3. The Morgan fingerprint density at radius 2 is 1.97 bits per heavy atom. The van der Waals surface area contributed by atoms with Crippen LogP contribution in [0.4, 0.5) is 8.78 Å². The number of aryl methyl sites for hydroxylation is 1. The van der Waals surface area contributed by atoms with Crippen molar-refractivity contribution in [1.29, 1.82) is 0 Å². The highest BCUT2D eigenvalue weighted by Gasteiger charge is 2.40. The fourth-order valence-corrected chi connectivity index (χ4v) is 4.91. The molecule has 0 bridgehead atoms. The minimum Gasteiger partial charge on any atom is -0.381 e. The molecule has 0 aliphatic rings. The van der Waals surface area contributed by atoms with Gasteiger partial charge in [0.05, 0.1) is 17.5 Å². The van der Waals surface area contributed by atoms with Crippen LogP contribution in [-0.2, 0) is 12.1 Å². The Morgan fingerprint density at radius 3 is 2.62 bits per heavy atom. The van der Waals surface area contributed by atoms with Crippen molar-refractivity contribution in [1.82, 2.24) is 20.1 Å². The highest BCUT2D eigenvalue weighted by Crippen LogP contribution is 2.34. The summed E-state index contributed by atoms with van der Waals surface area (Å²) in [7, 11) is 0. The van der Waals surface area contributed by atoms with Crippen LogP contribution < -0.4 is 5.32 Å². The first-order valence-electron chi connectivity index (χ1n) is 10.3. The summed E-state index contributed by atoms with van der Waals surface area (Å²) in [6.07, 6.45) is 2.64. The van der Waals surface area contributed by atoms with Crippen molar-refractivity contribution in [3.05, 3.63) is 93.8 Å². The molecule has 0 saturated carbocycles. The van der Waals surface area contributed by atoms with Gasteiger partial charge in [-0.25, -0.2) is 18.4 Å². The number of carbonyl (C=O) groups is 1. The average molecular weight is 503 g/mol. The number of hydrogen-bond acceptors (Lipinski definition) is 5. The van der Waals surface area contributed by atoms with Crippen molar-refractivity contribution in [2.24, 2.45) is 0 Å². The van der Waals surface area contributed by atoms with Crippen LogP contribution in [-0.4, -0.2) is 31.8 Å². The van der Waals surface area contributed by atoms with Crippen molar-refractivity contribution in [3.8, 4) is 10.4 Å². The van der Waals surface area contributed by atoms with Crippen molar-refractivity contribution >= 4 is 28.8 Å². The third-order valence-corrected chi connectivity index (χ3v) is 7.12. The van der Waals surface area contributed by atoms with Crippen LogP contribution in [0.5, 0.6) is 0 Å². The summed E-state index contributed by atoms with van der Waals surface area (Å²) in [5.74, 6) is -2.12. The number of nitrogens with one attached hydrogen (secondary N) is 1. The molecule has 0 unspecified atom stereocenters. The fourth-order valence-electron chi connectivity index (χ4n) is 3.70.